The minimum atomic E-state index is 0.0693. The Morgan fingerprint density at radius 1 is 0.765 bits per heavy atom. The van der Waals surface area contributed by atoms with Gasteiger partial charge in [-0.1, -0.05) is 60.7 Å². The third-order valence-electron chi connectivity index (χ3n) is 2.87. The number of hydrogen-bond donors (Lipinski definition) is 0. The second-order valence-corrected chi connectivity index (χ2v) is 4.28. The fraction of sp³-hybridized carbons (Fsp3) is 0.188. The van der Waals surface area contributed by atoms with E-state index in [4.69, 9.17) is 0 Å². The zero-order valence-electron chi connectivity index (χ0n) is 9.75. The summed E-state index contributed by atoms with van der Waals surface area (Å²) in [6.07, 6.45) is 2.71. The lowest BCUT2D eigenvalue weighted by Crippen LogP contribution is -2.09. The molecular weight excluding hydrogens is 208 g/mol. The number of carbonyl (C=O) groups is 1. The molecule has 0 saturated carbocycles. The van der Waals surface area contributed by atoms with E-state index in [9.17, 15) is 4.79 Å². The molecule has 0 aromatic heterocycles. The van der Waals surface area contributed by atoms with Crippen LogP contribution >= 0.6 is 0 Å². The fourth-order valence-electron chi connectivity index (χ4n) is 2.00. The summed E-state index contributed by atoms with van der Waals surface area (Å²) in [7, 11) is 0. The molecule has 2 rings (SSSR count). The van der Waals surface area contributed by atoms with Gasteiger partial charge in [0.05, 0.1) is 0 Å². The molecule has 0 spiro atoms. The average Bonchev–Trinajstić information content (AvgIpc) is 2.40. The molecule has 0 saturated heterocycles. The van der Waals surface area contributed by atoms with Crippen LogP contribution in [0, 0.1) is 5.92 Å². The first-order valence-corrected chi connectivity index (χ1v) is 5.91. The highest BCUT2D eigenvalue weighted by atomic mass is 16.1. The number of benzene rings is 2. The van der Waals surface area contributed by atoms with Crippen LogP contribution in [-0.2, 0) is 17.6 Å². The monoisotopic (exact) mass is 224 g/mol. The standard InChI is InChI=1S/C16H16O/c17-13-16(11-14-7-3-1-4-8-14)12-15-9-5-2-6-10-15/h1-10,13,16H,11-12H2. The van der Waals surface area contributed by atoms with Crippen LogP contribution in [0.3, 0.4) is 0 Å². The van der Waals surface area contributed by atoms with E-state index in [-0.39, 0.29) is 5.92 Å². The summed E-state index contributed by atoms with van der Waals surface area (Å²) >= 11 is 0. The van der Waals surface area contributed by atoms with Crippen LogP contribution in [0.1, 0.15) is 11.1 Å². The highest BCUT2D eigenvalue weighted by Crippen LogP contribution is 2.12. The maximum Gasteiger partial charge on any atom is 0.123 e. The third kappa shape index (κ3) is 3.56. The first-order chi connectivity index (χ1) is 8.38. The molecule has 2 aromatic rings. The predicted octanol–water partition coefficient (Wildman–Crippen LogP) is 3.29. The van der Waals surface area contributed by atoms with Gasteiger partial charge in [0.15, 0.2) is 0 Å². The first kappa shape index (κ1) is 11.6. The lowest BCUT2D eigenvalue weighted by Gasteiger charge is -2.10. The van der Waals surface area contributed by atoms with Crippen LogP contribution in [0.2, 0.25) is 0 Å². The van der Waals surface area contributed by atoms with E-state index < -0.39 is 0 Å². The molecule has 0 aliphatic heterocycles. The van der Waals surface area contributed by atoms with Gasteiger partial charge in [-0.25, -0.2) is 0 Å². The topological polar surface area (TPSA) is 17.1 Å². The summed E-state index contributed by atoms with van der Waals surface area (Å²) in [5, 5.41) is 0. The molecule has 1 heteroatoms. The van der Waals surface area contributed by atoms with Crippen molar-refractivity contribution in [2.24, 2.45) is 5.92 Å². The number of carbonyl (C=O) groups excluding carboxylic acids is 1. The quantitative estimate of drug-likeness (QED) is 0.712. The molecule has 2 aromatic carbocycles. The molecule has 1 nitrogen and oxygen atoms in total. The van der Waals surface area contributed by atoms with Crippen LogP contribution in [0.5, 0.6) is 0 Å². The van der Waals surface area contributed by atoms with Gasteiger partial charge in [0.1, 0.15) is 6.29 Å². The van der Waals surface area contributed by atoms with E-state index in [0.717, 1.165) is 19.1 Å². The molecule has 0 heterocycles. The Hall–Kier alpha value is -1.89. The molecule has 0 aliphatic rings. The molecule has 0 amide bonds. The number of rotatable bonds is 5. The third-order valence-corrected chi connectivity index (χ3v) is 2.87. The van der Waals surface area contributed by atoms with Gasteiger partial charge < -0.3 is 4.79 Å². The van der Waals surface area contributed by atoms with Gasteiger partial charge in [-0.15, -0.1) is 0 Å². The fourth-order valence-corrected chi connectivity index (χ4v) is 2.00. The van der Waals surface area contributed by atoms with E-state index >= 15 is 0 Å². The molecule has 86 valence electrons. The van der Waals surface area contributed by atoms with Crippen molar-refractivity contribution in [2.45, 2.75) is 12.8 Å². The Labute approximate surface area is 102 Å². The van der Waals surface area contributed by atoms with E-state index in [1.165, 1.54) is 11.1 Å². The molecule has 0 aliphatic carbocycles. The summed E-state index contributed by atoms with van der Waals surface area (Å²) in [6, 6.07) is 20.3. The van der Waals surface area contributed by atoms with Gasteiger partial charge in [0, 0.05) is 5.92 Å². The van der Waals surface area contributed by atoms with Gasteiger partial charge in [0.2, 0.25) is 0 Å². The van der Waals surface area contributed by atoms with Crippen molar-refractivity contribution in [3.63, 3.8) is 0 Å². The van der Waals surface area contributed by atoms with Crippen LogP contribution in [-0.4, -0.2) is 6.29 Å². The van der Waals surface area contributed by atoms with Gasteiger partial charge >= 0.3 is 0 Å². The maximum absolute atomic E-state index is 11.1. The molecule has 0 unspecified atom stereocenters. The Morgan fingerprint density at radius 2 is 1.18 bits per heavy atom. The minimum absolute atomic E-state index is 0.0693. The zero-order chi connectivity index (χ0) is 11.9. The minimum Gasteiger partial charge on any atom is -0.303 e. The zero-order valence-corrected chi connectivity index (χ0v) is 9.75. The molecule has 17 heavy (non-hydrogen) atoms. The lowest BCUT2D eigenvalue weighted by molar-refractivity contribution is -0.111. The molecule has 0 radical (unpaired) electrons. The van der Waals surface area contributed by atoms with E-state index in [2.05, 4.69) is 24.3 Å². The summed E-state index contributed by atoms with van der Waals surface area (Å²) < 4.78 is 0. The molecule has 0 bridgehead atoms. The highest BCUT2D eigenvalue weighted by molar-refractivity contribution is 5.55. The van der Waals surface area contributed by atoms with Crippen molar-refractivity contribution in [2.75, 3.05) is 0 Å². The molecule has 0 N–H and O–H groups in total. The maximum atomic E-state index is 11.1. The van der Waals surface area contributed by atoms with Gasteiger partial charge in [-0.2, -0.15) is 0 Å². The first-order valence-electron chi connectivity index (χ1n) is 5.91. The second kappa shape index (κ2) is 6.00. The number of aldehydes is 1. The van der Waals surface area contributed by atoms with Crippen LogP contribution in [0.25, 0.3) is 0 Å². The highest BCUT2D eigenvalue weighted by Gasteiger charge is 2.09. The van der Waals surface area contributed by atoms with E-state index in [0.29, 0.717) is 0 Å². The van der Waals surface area contributed by atoms with Gasteiger partial charge in [-0.05, 0) is 24.0 Å². The molecule has 0 fully saturated rings. The number of hydrogen-bond acceptors (Lipinski definition) is 1. The molecule has 0 atom stereocenters. The van der Waals surface area contributed by atoms with Crippen molar-refractivity contribution < 1.29 is 4.79 Å². The van der Waals surface area contributed by atoms with Crippen LogP contribution in [0.15, 0.2) is 60.7 Å². The summed E-state index contributed by atoms with van der Waals surface area (Å²) in [5.74, 6) is 0.0693. The largest absolute Gasteiger partial charge is 0.303 e. The van der Waals surface area contributed by atoms with Crippen molar-refractivity contribution >= 4 is 6.29 Å². The Bertz CT molecular complexity index is 406. The van der Waals surface area contributed by atoms with Crippen molar-refractivity contribution in [3.8, 4) is 0 Å². The Kier molecular flexibility index (Phi) is 4.09. The SMILES string of the molecule is O=CC(Cc1ccccc1)Cc1ccccc1. The lowest BCUT2D eigenvalue weighted by atomic mass is 9.94. The summed E-state index contributed by atoms with van der Waals surface area (Å²) in [6.45, 7) is 0. The van der Waals surface area contributed by atoms with Gasteiger partial charge in [-0.3, -0.25) is 0 Å². The van der Waals surface area contributed by atoms with Gasteiger partial charge in [0.25, 0.3) is 0 Å². The second-order valence-electron chi connectivity index (χ2n) is 4.28. The van der Waals surface area contributed by atoms with E-state index in [1.807, 2.05) is 36.4 Å². The Balaban J connectivity index is 2.01. The Morgan fingerprint density at radius 3 is 1.53 bits per heavy atom. The van der Waals surface area contributed by atoms with E-state index in [1.54, 1.807) is 0 Å². The van der Waals surface area contributed by atoms with Crippen LogP contribution in [0.4, 0.5) is 0 Å². The van der Waals surface area contributed by atoms with Crippen molar-refractivity contribution in [1.29, 1.82) is 0 Å². The smallest absolute Gasteiger partial charge is 0.123 e. The summed E-state index contributed by atoms with van der Waals surface area (Å²) in [4.78, 5) is 11.1. The normalized spacial score (nSPS) is 10.4. The molecular formula is C16H16O. The summed E-state index contributed by atoms with van der Waals surface area (Å²) in [5.41, 5.74) is 2.45. The van der Waals surface area contributed by atoms with Crippen LogP contribution < -0.4 is 0 Å². The average molecular weight is 224 g/mol. The van der Waals surface area contributed by atoms with Crippen molar-refractivity contribution in [1.82, 2.24) is 0 Å². The predicted molar refractivity (Wildman–Crippen MR) is 69.8 cm³/mol. The van der Waals surface area contributed by atoms with Crippen molar-refractivity contribution in [3.05, 3.63) is 71.8 Å².